The lowest BCUT2D eigenvalue weighted by Gasteiger charge is -2.06. The molecule has 2 aromatic carbocycles. The zero-order valence-electron chi connectivity index (χ0n) is 13.6. The number of hydrogen-bond acceptors (Lipinski definition) is 5. The number of nitrogens with zero attached hydrogens (tertiary/aromatic N) is 3. The Morgan fingerprint density at radius 3 is 2.85 bits per heavy atom. The van der Waals surface area contributed by atoms with Crippen molar-refractivity contribution in [2.75, 3.05) is 6.61 Å². The molecule has 6 nitrogen and oxygen atoms in total. The normalized spacial score (nSPS) is 11.2. The van der Waals surface area contributed by atoms with Crippen molar-refractivity contribution in [1.29, 1.82) is 0 Å². The molecule has 26 heavy (non-hydrogen) atoms. The molecule has 9 heteroatoms. The molecule has 0 atom stereocenters. The topological polar surface area (TPSA) is 75.4 Å². The van der Waals surface area contributed by atoms with Crippen LogP contribution in [0.25, 0.3) is 11.4 Å². The number of nitrogens with one attached hydrogen (secondary N) is 1. The molecular weight excluding hydrogens is 395 g/mol. The zero-order chi connectivity index (χ0) is 18.7. The number of aromatic nitrogens is 3. The van der Waals surface area contributed by atoms with Gasteiger partial charge in [-0.05, 0) is 61.1 Å². The van der Waals surface area contributed by atoms with Crippen LogP contribution in [0.1, 0.15) is 12.5 Å². The van der Waals surface area contributed by atoms with E-state index >= 15 is 0 Å². The van der Waals surface area contributed by atoms with E-state index in [4.69, 9.17) is 40.2 Å². The lowest BCUT2D eigenvalue weighted by molar-refractivity contribution is 0.318. The Balaban J connectivity index is 1.99. The lowest BCUT2D eigenvalue weighted by atomic mass is 10.2. The van der Waals surface area contributed by atoms with Crippen molar-refractivity contribution in [3.05, 3.63) is 56.8 Å². The summed E-state index contributed by atoms with van der Waals surface area (Å²) in [5.41, 5.74) is 1.36. The van der Waals surface area contributed by atoms with Gasteiger partial charge in [-0.1, -0.05) is 23.2 Å². The Hall–Kier alpha value is -2.35. The van der Waals surface area contributed by atoms with E-state index in [2.05, 4.69) is 15.3 Å². The first-order chi connectivity index (χ1) is 12.5. The number of benzene rings is 2. The van der Waals surface area contributed by atoms with Crippen LogP contribution in [0.4, 0.5) is 0 Å². The number of ether oxygens (including phenoxy) is 1. The summed E-state index contributed by atoms with van der Waals surface area (Å²) in [5, 5.41) is 22.0. The summed E-state index contributed by atoms with van der Waals surface area (Å²) in [5.74, 6) is 0.905. The lowest BCUT2D eigenvalue weighted by Crippen LogP contribution is -1.97. The van der Waals surface area contributed by atoms with Gasteiger partial charge >= 0.3 is 0 Å². The molecule has 0 aliphatic rings. The van der Waals surface area contributed by atoms with Crippen LogP contribution in [-0.4, -0.2) is 32.8 Å². The van der Waals surface area contributed by atoms with Gasteiger partial charge in [0.2, 0.25) is 4.77 Å². The number of phenolic OH excluding ortho intramolecular Hbond substituents is 1. The molecule has 2 N–H and O–H groups in total. The van der Waals surface area contributed by atoms with Gasteiger partial charge in [-0.3, -0.25) is 0 Å². The van der Waals surface area contributed by atoms with Crippen molar-refractivity contribution in [1.82, 2.24) is 14.9 Å². The number of aromatic hydroxyl groups is 1. The van der Waals surface area contributed by atoms with Crippen LogP contribution in [0.15, 0.2) is 41.5 Å². The van der Waals surface area contributed by atoms with Crippen LogP contribution in [0.5, 0.6) is 11.5 Å². The van der Waals surface area contributed by atoms with E-state index in [1.807, 2.05) is 6.92 Å². The van der Waals surface area contributed by atoms with E-state index in [9.17, 15) is 5.11 Å². The molecule has 0 unspecified atom stereocenters. The molecule has 0 bridgehead atoms. The molecule has 0 radical (unpaired) electrons. The van der Waals surface area contributed by atoms with Gasteiger partial charge in [0, 0.05) is 10.6 Å². The average molecular weight is 409 g/mol. The zero-order valence-corrected chi connectivity index (χ0v) is 15.9. The van der Waals surface area contributed by atoms with Gasteiger partial charge in [0.1, 0.15) is 0 Å². The maximum absolute atomic E-state index is 9.78. The molecule has 3 aromatic rings. The van der Waals surface area contributed by atoms with Gasteiger partial charge < -0.3 is 9.84 Å². The fraction of sp³-hybridized carbons (Fsp3) is 0.118. The predicted octanol–water partition coefficient (Wildman–Crippen LogP) is 4.90. The number of rotatable bonds is 5. The second kappa shape index (κ2) is 7.90. The number of aromatic amines is 1. The van der Waals surface area contributed by atoms with Gasteiger partial charge in [-0.25, -0.2) is 5.10 Å². The third-order valence-corrected chi connectivity index (χ3v) is 4.24. The fourth-order valence-corrected chi connectivity index (χ4v) is 2.92. The van der Waals surface area contributed by atoms with Gasteiger partial charge in [0.15, 0.2) is 17.3 Å². The number of phenols is 1. The molecule has 1 aromatic heterocycles. The summed E-state index contributed by atoms with van der Waals surface area (Å²) < 4.78 is 7.14. The minimum absolute atomic E-state index is 0.0672. The van der Waals surface area contributed by atoms with Gasteiger partial charge in [0.25, 0.3) is 0 Å². The first-order valence-corrected chi connectivity index (χ1v) is 8.79. The second-order valence-electron chi connectivity index (χ2n) is 5.19. The van der Waals surface area contributed by atoms with Crippen molar-refractivity contribution in [2.24, 2.45) is 5.10 Å². The maximum Gasteiger partial charge on any atom is 0.216 e. The van der Waals surface area contributed by atoms with Crippen LogP contribution >= 0.6 is 35.4 Å². The Labute approximate surface area is 164 Å². The van der Waals surface area contributed by atoms with Gasteiger partial charge in [-0.15, -0.1) is 0 Å². The molecule has 0 aliphatic carbocycles. The highest BCUT2D eigenvalue weighted by molar-refractivity contribution is 7.71. The largest absolute Gasteiger partial charge is 0.504 e. The van der Waals surface area contributed by atoms with Gasteiger partial charge in [0.05, 0.1) is 17.8 Å². The first-order valence-electron chi connectivity index (χ1n) is 7.62. The minimum atomic E-state index is 0.0672. The van der Waals surface area contributed by atoms with Crippen LogP contribution in [0.2, 0.25) is 10.0 Å². The summed E-state index contributed by atoms with van der Waals surface area (Å²) in [4.78, 5) is 0. The molecule has 0 fully saturated rings. The van der Waals surface area contributed by atoms with E-state index < -0.39 is 0 Å². The Bertz CT molecular complexity index is 1030. The highest BCUT2D eigenvalue weighted by Gasteiger charge is 2.12. The average Bonchev–Trinajstić information content (AvgIpc) is 2.96. The molecule has 0 saturated heterocycles. The summed E-state index contributed by atoms with van der Waals surface area (Å²) in [6.45, 7) is 2.29. The molecular formula is C17H14Cl2N4O2S. The van der Waals surface area contributed by atoms with Crippen molar-refractivity contribution < 1.29 is 9.84 Å². The minimum Gasteiger partial charge on any atom is -0.504 e. The summed E-state index contributed by atoms with van der Waals surface area (Å²) >= 11 is 17.4. The molecule has 0 saturated carbocycles. The predicted molar refractivity (Wildman–Crippen MR) is 105 cm³/mol. The third kappa shape index (κ3) is 3.90. The molecule has 134 valence electrons. The SMILES string of the molecule is CCOc1cc(/C=N\n2c(-c3ccc(Cl)cc3Cl)n[nH]c2=S)ccc1O. The smallest absolute Gasteiger partial charge is 0.216 e. The molecule has 1 heterocycles. The number of H-pyrrole nitrogens is 1. The summed E-state index contributed by atoms with van der Waals surface area (Å²) in [6, 6.07) is 10.0. The summed E-state index contributed by atoms with van der Waals surface area (Å²) in [6.07, 6.45) is 1.58. The van der Waals surface area contributed by atoms with Crippen LogP contribution in [0, 0.1) is 4.77 Å². The highest BCUT2D eigenvalue weighted by Crippen LogP contribution is 2.29. The van der Waals surface area contributed by atoms with Crippen LogP contribution < -0.4 is 4.74 Å². The van der Waals surface area contributed by atoms with E-state index in [0.29, 0.717) is 38.6 Å². The van der Waals surface area contributed by atoms with E-state index in [1.165, 1.54) is 10.7 Å². The third-order valence-electron chi connectivity index (χ3n) is 3.43. The number of hydrogen-bond donors (Lipinski definition) is 2. The molecule has 0 spiro atoms. The molecule has 3 rings (SSSR count). The highest BCUT2D eigenvalue weighted by atomic mass is 35.5. The van der Waals surface area contributed by atoms with Crippen molar-refractivity contribution in [2.45, 2.75) is 6.92 Å². The maximum atomic E-state index is 9.78. The fourth-order valence-electron chi connectivity index (χ4n) is 2.25. The standard InChI is InChI=1S/C17H14Cl2N4O2S/c1-2-25-15-7-10(3-6-14(15)24)9-20-23-16(21-22-17(23)26)12-5-4-11(18)8-13(12)19/h3-9,24H,2H2,1H3,(H,22,26)/b20-9-. The first kappa shape index (κ1) is 18.4. The Morgan fingerprint density at radius 2 is 2.12 bits per heavy atom. The number of halogens is 2. The van der Waals surface area contributed by atoms with E-state index in [-0.39, 0.29) is 5.75 Å². The molecule has 0 amide bonds. The van der Waals surface area contributed by atoms with E-state index in [0.717, 1.165) is 5.56 Å². The monoisotopic (exact) mass is 408 g/mol. The van der Waals surface area contributed by atoms with Crippen LogP contribution in [-0.2, 0) is 0 Å². The van der Waals surface area contributed by atoms with Crippen molar-refractivity contribution >= 4 is 41.6 Å². The van der Waals surface area contributed by atoms with E-state index in [1.54, 1.807) is 36.5 Å². The van der Waals surface area contributed by atoms with Crippen LogP contribution in [0.3, 0.4) is 0 Å². The Morgan fingerprint density at radius 1 is 1.31 bits per heavy atom. The Kier molecular flexibility index (Phi) is 5.61. The quantitative estimate of drug-likeness (QED) is 0.464. The molecule has 0 aliphatic heterocycles. The summed E-state index contributed by atoms with van der Waals surface area (Å²) in [7, 11) is 0. The van der Waals surface area contributed by atoms with Crippen molar-refractivity contribution in [3.8, 4) is 22.9 Å². The van der Waals surface area contributed by atoms with Gasteiger partial charge in [-0.2, -0.15) is 14.9 Å². The second-order valence-corrected chi connectivity index (χ2v) is 6.42. The van der Waals surface area contributed by atoms with Crippen molar-refractivity contribution in [3.63, 3.8) is 0 Å².